The van der Waals surface area contributed by atoms with Crippen molar-refractivity contribution >= 4 is 5.97 Å². The van der Waals surface area contributed by atoms with E-state index in [0.29, 0.717) is 5.92 Å². The molecule has 3 nitrogen and oxygen atoms in total. The summed E-state index contributed by atoms with van der Waals surface area (Å²) >= 11 is 0. The van der Waals surface area contributed by atoms with Crippen molar-refractivity contribution in [3.8, 4) is 0 Å². The van der Waals surface area contributed by atoms with Gasteiger partial charge in [0.15, 0.2) is 0 Å². The highest BCUT2D eigenvalue weighted by Gasteiger charge is 2.39. The van der Waals surface area contributed by atoms with Crippen LogP contribution < -0.4 is 5.32 Å². The third-order valence-electron chi connectivity index (χ3n) is 4.44. The van der Waals surface area contributed by atoms with Gasteiger partial charge < -0.3 is 10.1 Å². The zero-order valence-electron chi connectivity index (χ0n) is 11.1. The Morgan fingerprint density at radius 1 is 1.35 bits per heavy atom. The largest absolute Gasteiger partial charge is 0.461 e. The summed E-state index contributed by atoms with van der Waals surface area (Å²) in [7, 11) is 0. The van der Waals surface area contributed by atoms with Gasteiger partial charge in [0.2, 0.25) is 0 Å². The number of hydrogen-bond acceptors (Lipinski definition) is 3. The molecular formula is C14H25NO2. The van der Waals surface area contributed by atoms with E-state index < -0.39 is 5.54 Å². The number of hydrogen-bond donors (Lipinski definition) is 1. The third kappa shape index (κ3) is 2.82. The van der Waals surface area contributed by atoms with E-state index in [1.165, 1.54) is 19.3 Å². The Morgan fingerprint density at radius 2 is 2.12 bits per heavy atom. The van der Waals surface area contributed by atoms with Gasteiger partial charge in [-0.2, -0.15) is 0 Å². The maximum absolute atomic E-state index is 12.2. The van der Waals surface area contributed by atoms with Gasteiger partial charge in [-0.05, 0) is 57.9 Å². The second-order valence-electron chi connectivity index (χ2n) is 5.76. The molecule has 1 N–H and O–H groups in total. The minimum Gasteiger partial charge on any atom is -0.461 e. The molecule has 3 unspecified atom stereocenters. The topological polar surface area (TPSA) is 38.3 Å². The first kappa shape index (κ1) is 12.9. The molecule has 0 aromatic rings. The van der Waals surface area contributed by atoms with E-state index in [-0.39, 0.29) is 12.1 Å². The van der Waals surface area contributed by atoms with Crippen molar-refractivity contribution in [2.45, 2.75) is 70.4 Å². The van der Waals surface area contributed by atoms with Gasteiger partial charge in [-0.15, -0.1) is 0 Å². The molecule has 0 bridgehead atoms. The van der Waals surface area contributed by atoms with Crippen LogP contribution in [0.3, 0.4) is 0 Å². The summed E-state index contributed by atoms with van der Waals surface area (Å²) in [5, 5.41) is 3.28. The fourth-order valence-corrected chi connectivity index (χ4v) is 3.13. The molecule has 0 radical (unpaired) electrons. The van der Waals surface area contributed by atoms with Gasteiger partial charge in [-0.1, -0.05) is 13.3 Å². The molecule has 1 heterocycles. The molecule has 2 fully saturated rings. The van der Waals surface area contributed by atoms with Gasteiger partial charge in [0, 0.05) is 0 Å². The molecule has 2 aliphatic rings. The molecule has 3 atom stereocenters. The number of rotatable bonds is 3. The lowest BCUT2D eigenvalue weighted by Crippen LogP contribution is -2.48. The second kappa shape index (κ2) is 5.38. The maximum Gasteiger partial charge on any atom is 0.326 e. The molecule has 0 amide bonds. The van der Waals surface area contributed by atoms with Crippen molar-refractivity contribution in [3.05, 3.63) is 0 Å². The highest BCUT2D eigenvalue weighted by Crippen LogP contribution is 2.31. The smallest absolute Gasteiger partial charge is 0.326 e. The lowest BCUT2D eigenvalue weighted by molar-refractivity contribution is -0.160. The highest BCUT2D eigenvalue weighted by atomic mass is 16.5. The second-order valence-corrected chi connectivity index (χ2v) is 5.76. The minimum atomic E-state index is -0.421. The quantitative estimate of drug-likeness (QED) is 0.769. The lowest BCUT2D eigenvalue weighted by atomic mass is 9.84. The van der Waals surface area contributed by atoms with Crippen LogP contribution in [0.2, 0.25) is 0 Å². The van der Waals surface area contributed by atoms with Gasteiger partial charge in [0.05, 0.1) is 0 Å². The van der Waals surface area contributed by atoms with Crippen LogP contribution in [0.25, 0.3) is 0 Å². The summed E-state index contributed by atoms with van der Waals surface area (Å²) in [6.45, 7) is 5.12. The third-order valence-corrected chi connectivity index (χ3v) is 4.44. The van der Waals surface area contributed by atoms with Crippen LogP contribution in [0.15, 0.2) is 0 Å². The van der Waals surface area contributed by atoms with Crippen molar-refractivity contribution in [2.75, 3.05) is 6.54 Å². The van der Waals surface area contributed by atoms with E-state index in [1.54, 1.807) is 0 Å². The highest BCUT2D eigenvalue weighted by molar-refractivity contribution is 5.80. The summed E-state index contributed by atoms with van der Waals surface area (Å²) < 4.78 is 5.78. The SMILES string of the molecule is CCC1CCCCC1OC(=O)C1(C)CCCN1. The summed E-state index contributed by atoms with van der Waals surface area (Å²) in [4.78, 5) is 12.2. The van der Waals surface area contributed by atoms with Gasteiger partial charge in [0.1, 0.15) is 11.6 Å². The van der Waals surface area contributed by atoms with Gasteiger partial charge >= 0.3 is 5.97 Å². The van der Waals surface area contributed by atoms with Gasteiger partial charge in [-0.3, -0.25) is 4.79 Å². The summed E-state index contributed by atoms with van der Waals surface area (Å²) in [6, 6.07) is 0. The fraction of sp³-hybridized carbons (Fsp3) is 0.929. The van der Waals surface area contributed by atoms with Gasteiger partial charge in [0.25, 0.3) is 0 Å². The summed E-state index contributed by atoms with van der Waals surface area (Å²) in [5.41, 5.74) is -0.421. The molecule has 3 heteroatoms. The van der Waals surface area contributed by atoms with Crippen LogP contribution in [0.4, 0.5) is 0 Å². The van der Waals surface area contributed by atoms with Crippen molar-refractivity contribution < 1.29 is 9.53 Å². The number of carbonyl (C=O) groups is 1. The number of ether oxygens (including phenoxy) is 1. The Morgan fingerprint density at radius 3 is 2.76 bits per heavy atom. The van der Waals surface area contributed by atoms with Crippen LogP contribution >= 0.6 is 0 Å². The minimum absolute atomic E-state index is 0.0275. The lowest BCUT2D eigenvalue weighted by Gasteiger charge is -2.33. The average molecular weight is 239 g/mol. The fourth-order valence-electron chi connectivity index (χ4n) is 3.13. The van der Waals surface area contributed by atoms with Crippen LogP contribution in [0.5, 0.6) is 0 Å². The Balaban J connectivity index is 1.92. The molecule has 2 rings (SSSR count). The van der Waals surface area contributed by atoms with Crippen molar-refractivity contribution in [1.29, 1.82) is 0 Å². The molecule has 17 heavy (non-hydrogen) atoms. The molecular weight excluding hydrogens is 214 g/mol. The predicted molar refractivity (Wildman–Crippen MR) is 67.8 cm³/mol. The van der Waals surface area contributed by atoms with Crippen molar-refractivity contribution in [3.63, 3.8) is 0 Å². The molecule has 0 aromatic heterocycles. The van der Waals surface area contributed by atoms with E-state index in [0.717, 1.165) is 32.2 Å². The molecule has 1 aliphatic carbocycles. The van der Waals surface area contributed by atoms with Crippen molar-refractivity contribution in [1.82, 2.24) is 5.32 Å². The molecule has 1 saturated heterocycles. The molecule has 1 aliphatic heterocycles. The number of nitrogens with one attached hydrogen (secondary N) is 1. The first-order chi connectivity index (χ1) is 8.15. The Kier molecular flexibility index (Phi) is 4.08. The van der Waals surface area contributed by atoms with Crippen LogP contribution in [-0.4, -0.2) is 24.2 Å². The van der Waals surface area contributed by atoms with E-state index in [9.17, 15) is 4.79 Å². The van der Waals surface area contributed by atoms with Crippen molar-refractivity contribution in [2.24, 2.45) is 5.92 Å². The predicted octanol–water partition coefficient (Wildman–Crippen LogP) is 2.64. The van der Waals surface area contributed by atoms with Crippen LogP contribution in [0.1, 0.15) is 58.8 Å². The zero-order valence-corrected chi connectivity index (χ0v) is 11.1. The van der Waals surface area contributed by atoms with Crippen LogP contribution in [-0.2, 0) is 9.53 Å². The Hall–Kier alpha value is -0.570. The first-order valence-electron chi connectivity index (χ1n) is 7.12. The zero-order chi connectivity index (χ0) is 12.3. The molecule has 0 aromatic carbocycles. The van der Waals surface area contributed by atoms with Gasteiger partial charge in [-0.25, -0.2) is 0 Å². The normalized spacial score (nSPS) is 38.0. The van der Waals surface area contributed by atoms with E-state index in [1.807, 2.05) is 6.92 Å². The number of esters is 1. The Labute approximate surface area is 104 Å². The van der Waals surface area contributed by atoms with E-state index in [4.69, 9.17) is 4.74 Å². The van der Waals surface area contributed by atoms with E-state index in [2.05, 4.69) is 12.2 Å². The Bertz CT molecular complexity index is 271. The molecule has 98 valence electrons. The standard InChI is InChI=1S/C14H25NO2/c1-3-11-7-4-5-8-12(11)17-13(16)14(2)9-6-10-15-14/h11-12,15H,3-10H2,1-2H3. The molecule has 1 saturated carbocycles. The average Bonchev–Trinajstić information content (AvgIpc) is 2.78. The summed E-state index contributed by atoms with van der Waals surface area (Å²) in [6.07, 6.45) is 8.06. The monoisotopic (exact) mass is 239 g/mol. The first-order valence-corrected chi connectivity index (χ1v) is 7.12. The molecule has 0 spiro atoms. The summed E-state index contributed by atoms with van der Waals surface area (Å²) in [5.74, 6) is 0.554. The maximum atomic E-state index is 12.2. The van der Waals surface area contributed by atoms with Crippen LogP contribution in [0, 0.1) is 5.92 Å². The van der Waals surface area contributed by atoms with E-state index >= 15 is 0 Å². The number of carbonyl (C=O) groups excluding carboxylic acids is 1.